The van der Waals surface area contributed by atoms with Crippen molar-refractivity contribution in [3.05, 3.63) is 0 Å². The second kappa shape index (κ2) is 21.2. The van der Waals surface area contributed by atoms with E-state index in [-0.39, 0.29) is 0 Å². The van der Waals surface area contributed by atoms with Crippen molar-refractivity contribution in [2.75, 3.05) is 53.5 Å². The first-order chi connectivity index (χ1) is 8.33. The van der Waals surface area contributed by atoms with Crippen LogP contribution in [0.1, 0.15) is 41.5 Å². The molecule has 0 aliphatic carbocycles. The molecule has 1 fully saturated rings. The molecule has 0 bridgehead atoms. The van der Waals surface area contributed by atoms with Crippen LogP contribution >= 0.6 is 0 Å². The smallest absolute Gasteiger partial charge is 0.0589 e. The number of rotatable bonds is 3. The quantitative estimate of drug-likeness (QED) is 0.764. The maximum atomic E-state index is 5.02. The molecule has 0 aromatic heterocycles. The Kier molecular flexibility index (Phi) is 27.5. The third-order valence-corrected chi connectivity index (χ3v) is 2.21. The van der Waals surface area contributed by atoms with Crippen LogP contribution in [-0.2, 0) is 4.74 Å². The van der Waals surface area contributed by atoms with Gasteiger partial charge in [0.2, 0.25) is 0 Å². The number of likely N-dealkylation sites (N-methyl/N-ethyl adjacent to an activating group) is 1. The van der Waals surface area contributed by atoms with Crippen molar-refractivity contribution in [2.45, 2.75) is 41.5 Å². The van der Waals surface area contributed by atoms with Gasteiger partial charge in [-0.15, -0.1) is 0 Å². The first kappa shape index (κ1) is 22.1. The second-order valence-electron chi connectivity index (χ2n) is 3.14. The molecule has 1 aliphatic heterocycles. The van der Waals surface area contributed by atoms with Gasteiger partial charge in [0.1, 0.15) is 0 Å². The Labute approximate surface area is 110 Å². The molecule has 108 valence electrons. The van der Waals surface area contributed by atoms with E-state index in [1.165, 1.54) is 26.2 Å². The van der Waals surface area contributed by atoms with Crippen molar-refractivity contribution in [1.82, 2.24) is 9.80 Å². The summed E-state index contributed by atoms with van der Waals surface area (Å²) in [6, 6.07) is 0. The Balaban J connectivity index is -0.000000285. The van der Waals surface area contributed by atoms with Gasteiger partial charge in [-0.2, -0.15) is 0 Å². The zero-order chi connectivity index (χ0) is 14.1. The first-order valence-electron chi connectivity index (χ1n) is 7.23. The lowest BCUT2D eigenvalue weighted by molar-refractivity contribution is 0.108. The van der Waals surface area contributed by atoms with Gasteiger partial charge < -0.3 is 9.64 Å². The molecule has 0 aromatic carbocycles. The fraction of sp³-hybridized carbons (Fsp3) is 1.00. The normalized spacial score (nSPS) is 15.5. The monoisotopic (exact) mass is 248 g/mol. The summed E-state index contributed by atoms with van der Waals surface area (Å²) >= 11 is 0. The average Bonchev–Trinajstić information content (AvgIpc) is 2.45. The third-order valence-electron chi connectivity index (χ3n) is 2.21. The maximum absolute atomic E-state index is 5.02. The highest BCUT2D eigenvalue weighted by Gasteiger charge is 2.12. The summed E-state index contributed by atoms with van der Waals surface area (Å²) < 4.78 is 5.02. The van der Waals surface area contributed by atoms with E-state index in [1.54, 1.807) is 7.11 Å². The molecule has 0 aromatic rings. The molecule has 0 amide bonds. The lowest BCUT2D eigenvalue weighted by atomic mass is 10.3. The molecule has 1 saturated heterocycles. The van der Waals surface area contributed by atoms with Gasteiger partial charge in [0.15, 0.2) is 0 Å². The van der Waals surface area contributed by atoms with Crippen LogP contribution in [0.2, 0.25) is 0 Å². The van der Waals surface area contributed by atoms with Gasteiger partial charge in [-0.1, -0.05) is 41.5 Å². The van der Waals surface area contributed by atoms with E-state index in [2.05, 4.69) is 16.8 Å². The fourth-order valence-electron chi connectivity index (χ4n) is 1.29. The van der Waals surface area contributed by atoms with Crippen LogP contribution in [0.5, 0.6) is 0 Å². The minimum absolute atomic E-state index is 0.865. The predicted octanol–water partition coefficient (Wildman–Crippen LogP) is 2.96. The molecular weight excluding hydrogens is 212 g/mol. The number of methoxy groups -OCH3 is 1. The van der Waals surface area contributed by atoms with Crippen molar-refractivity contribution >= 4 is 0 Å². The second-order valence-corrected chi connectivity index (χ2v) is 3.14. The molecule has 1 heterocycles. The zero-order valence-electron chi connectivity index (χ0n) is 13.5. The molecule has 0 N–H and O–H groups in total. The lowest BCUT2D eigenvalue weighted by Crippen LogP contribution is -2.45. The largest absolute Gasteiger partial charge is 0.383 e. The summed E-state index contributed by atoms with van der Waals surface area (Å²) in [5.41, 5.74) is 0. The Morgan fingerprint density at radius 1 is 0.824 bits per heavy atom. The summed E-state index contributed by atoms with van der Waals surface area (Å²) in [7, 11) is 3.93. The van der Waals surface area contributed by atoms with Gasteiger partial charge in [0.05, 0.1) is 6.61 Å². The summed E-state index contributed by atoms with van der Waals surface area (Å²) in [6.07, 6.45) is 0. The van der Waals surface area contributed by atoms with Crippen LogP contribution in [0, 0.1) is 0 Å². The van der Waals surface area contributed by atoms with Gasteiger partial charge in [0.25, 0.3) is 0 Å². The van der Waals surface area contributed by atoms with Gasteiger partial charge in [-0.25, -0.2) is 0 Å². The molecule has 0 saturated carbocycles. The van der Waals surface area contributed by atoms with Crippen molar-refractivity contribution in [3.8, 4) is 0 Å². The number of nitrogens with zero attached hydrogens (tertiary/aromatic N) is 2. The lowest BCUT2D eigenvalue weighted by Gasteiger charge is -2.31. The van der Waals surface area contributed by atoms with E-state index in [4.69, 9.17) is 4.74 Å². The van der Waals surface area contributed by atoms with E-state index in [0.29, 0.717) is 0 Å². The number of hydrogen-bond acceptors (Lipinski definition) is 3. The van der Waals surface area contributed by atoms with E-state index >= 15 is 0 Å². The predicted molar refractivity (Wildman–Crippen MR) is 79.9 cm³/mol. The molecule has 17 heavy (non-hydrogen) atoms. The summed E-state index contributed by atoms with van der Waals surface area (Å²) in [5, 5.41) is 0. The fourth-order valence-corrected chi connectivity index (χ4v) is 1.29. The van der Waals surface area contributed by atoms with Crippen LogP contribution in [0.15, 0.2) is 0 Å². The average molecular weight is 248 g/mol. The Morgan fingerprint density at radius 2 is 1.24 bits per heavy atom. The molecule has 3 nitrogen and oxygen atoms in total. The van der Waals surface area contributed by atoms with Crippen LogP contribution in [0.25, 0.3) is 0 Å². The molecule has 1 rings (SSSR count). The molecule has 0 atom stereocenters. The van der Waals surface area contributed by atoms with Gasteiger partial charge in [-0.3, -0.25) is 4.90 Å². The number of ether oxygens (including phenoxy) is 1. The van der Waals surface area contributed by atoms with E-state index in [0.717, 1.165) is 13.2 Å². The van der Waals surface area contributed by atoms with Crippen LogP contribution in [0.3, 0.4) is 0 Å². The maximum Gasteiger partial charge on any atom is 0.0589 e. The third kappa shape index (κ3) is 15.9. The molecule has 0 radical (unpaired) electrons. The Hall–Kier alpha value is -0.120. The summed E-state index contributed by atoms with van der Waals surface area (Å²) in [4.78, 5) is 4.81. The van der Waals surface area contributed by atoms with Crippen LogP contribution in [-0.4, -0.2) is 63.3 Å². The van der Waals surface area contributed by atoms with Crippen molar-refractivity contribution < 1.29 is 4.74 Å². The topological polar surface area (TPSA) is 15.7 Å². The number of piperazine rings is 1. The van der Waals surface area contributed by atoms with Gasteiger partial charge in [0, 0.05) is 39.8 Å². The van der Waals surface area contributed by atoms with Crippen molar-refractivity contribution in [2.24, 2.45) is 0 Å². The summed E-state index contributed by atoms with van der Waals surface area (Å²) in [5.74, 6) is 0. The highest BCUT2D eigenvalue weighted by atomic mass is 16.5. The zero-order valence-corrected chi connectivity index (χ0v) is 13.5. The minimum atomic E-state index is 0.865. The minimum Gasteiger partial charge on any atom is -0.383 e. The van der Waals surface area contributed by atoms with Crippen molar-refractivity contribution in [1.29, 1.82) is 0 Å². The van der Waals surface area contributed by atoms with Crippen LogP contribution < -0.4 is 0 Å². The van der Waals surface area contributed by atoms with Crippen molar-refractivity contribution in [3.63, 3.8) is 0 Å². The van der Waals surface area contributed by atoms with E-state index < -0.39 is 0 Å². The molecular formula is C14H36N2O. The standard InChI is InChI=1S/C8H18N2O.3C2H6/c1-9-3-5-10(6-4-9)7-8-11-2;3*1-2/h3-8H2,1-2H3;3*1-2H3. The van der Waals surface area contributed by atoms with E-state index in [1.807, 2.05) is 41.5 Å². The van der Waals surface area contributed by atoms with Gasteiger partial charge in [-0.05, 0) is 7.05 Å². The Morgan fingerprint density at radius 3 is 1.59 bits per heavy atom. The SMILES string of the molecule is CC.CC.CC.COCCN1CCN(C)CC1. The van der Waals surface area contributed by atoms with Crippen LogP contribution in [0.4, 0.5) is 0 Å². The highest BCUT2D eigenvalue weighted by molar-refractivity contribution is 4.68. The molecule has 0 spiro atoms. The van der Waals surface area contributed by atoms with Gasteiger partial charge >= 0.3 is 0 Å². The number of hydrogen-bond donors (Lipinski definition) is 0. The molecule has 3 heteroatoms. The summed E-state index contributed by atoms with van der Waals surface area (Å²) in [6.45, 7) is 18.7. The molecule has 0 unspecified atom stereocenters. The highest BCUT2D eigenvalue weighted by Crippen LogP contribution is 1.97. The Bertz CT molecular complexity index is 99.6. The van der Waals surface area contributed by atoms with E-state index in [9.17, 15) is 0 Å². The first-order valence-corrected chi connectivity index (χ1v) is 7.23. The molecule has 1 aliphatic rings.